The van der Waals surface area contributed by atoms with Gasteiger partial charge in [0, 0.05) is 44.8 Å². The molecule has 1 atom stereocenters. The lowest BCUT2D eigenvalue weighted by Gasteiger charge is -2.41. The molecule has 112 valence electrons. The first-order chi connectivity index (χ1) is 9.52. The van der Waals surface area contributed by atoms with Crippen LogP contribution in [0, 0.1) is 12.7 Å². The molecule has 3 nitrogen and oxygen atoms in total. The highest BCUT2D eigenvalue weighted by Gasteiger charge is 2.25. The topological polar surface area (TPSA) is 32.5 Å². The fourth-order valence-corrected chi connectivity index (χ4v) is 3.05. The summed E-state index contributed by atoms with van der Waals surface area (Å²) in [6.45, 7) is 11.2. The van der Waals surface area contributed by atoms with Gasteiger partial charge in [0.25, 0.3) is 0 Å². The molecule has 0 aliphatic carbocycles. The lowest BCUT2D eigenvalue weighted by Crippen LogP contribution is -2.51. The minimum atomic E-state index is -0.174. The Kier molecular flexibility index (Phi) is 5.13. The van der Waals surface area contributed by atoms with E-state index in [0.29, 0.717) is 12.6 Å². The van der Waals surface area contributed by atoms with Crippen LogP contribution in [0.2, 0.25) is 0 Å². The van der Waals surface area contributed by atoms with Gasteiger partial charge in [0.1, 0.15) is 5.82 Å². The number of hydrogen-bond donors (Lipinski definition) is 1. The first-order valence-corrected chi connectivity index (χ1v) is 7.47. The summed E-state index contributed by atoms with van der Waals surface area (Å²) in [6.07, 6.45) is 0. The van der Waals surface area contributed by atoms with Crippen LogP contribution < -0.4 is 5.73 Å². The second-order valence-corrected chi connectivity index (χ2v) is 5.92. The zero-order chi connectivity index (χ0) is 14.7. The maximum atomic E-state index is 13.2. The first kappa shape index (κ1) is 15.4. The van der Waals surface area contributed by atoms with Gasteiger partial charge in [-0.05, 0) is 44.0 Å². The first-order valence-electron chi connectivity index (χ1n) is 7.47. The fourth-order valence-electron chi connectivity index (χ4n) is 3.05. The normalized spacial score (nSPS) is 19.5. The minimum absolute atomic E-state index is 0.174. The van der Waals surface area contributed by atoms with Crippen LogP contribution in [0.3, 0.4) is 0 Å². The van der Waals surface area contributed by atoms with Crippen molar-refractivity contribution in [3.05, 3.63) is 35.1 Å². The number of piperazine rings is 1. The van der Waals surface area contributed by atoms with Gasteiger partial charge < -0.3 is 5.73 Å². The van der Waals surface area contributed by atoms with E-state index >= 15 is 0 Å². The van der Waals surface area contributed by atoms with E-state index in [0.717, 1.165) is 37.3 Å². The van der Waals surface area contributed by atoms with Crippen LogP contribution >= 0.6 is 0 Å². The molecule has 0 radical (unpaired) electrons. The molecule has 0 saturated carbocycles. The Labute approximate surface area is 121 Å². The van der Waals surface area contributed by atoms with Gasteiger partial charge in [0.05, 0.1) is 0 Å². The van der Waals surface area contributed by atoms with E-state index in [2.05, 4.69) is 23.6 Å². The van der Waals surface area contributed by atoms with Gasteiger partial charge in [-0.25, -0.2) is 4.39 Å². The Balaban J connectivity index is 2.09. The van der Waals surface area contributed by atoms with Crippen molar-refractivity contribution in [3.63, 3.8) is 0 Å². The van der Waals surface area contributed by atoms with Crippen LogP contribution in [0.1, 0.15) is 31.0 Å². The molecule has 1 aliphatic rings. The quantitative estimate of drug-likeness (QED) is 0.917. The molecular formula is C16H26FN3. The molecule has 1 aromatic carbocycles. The lowest BCUT2D eigenvalue weighted by atomic mass is 9.99. The molecule has 20 heavy (non-hydrogen) atoms. The number of benzene rings is 1. The van der Waals surface area contributed by atoms with E-state index in [9.17, 15) is 4.39 Å². The molecule has 0 amide bonds. The van der Waals surface area contributed by atoms with Gasteiger partial charge in [-0.2, -0.15) is 0 Å². The van der Waals surface area contributed by atoms with Crippen molar-refractivity contribution in [1.82, 2.24) is 9.80 Å². The SMILES string of the molecule is Cc1cc(F)ccc1C(CN)N1CCN(C(C)C)CC1. The Bertz CT molecular complexity index is 439. The fraction of sp³-hybridized carbons (Fsp3) is 0.625. The number of halogens is 1. The zero-order valence-corrected chi connectivity index (χ0v) is 12.8. The molecule has 1 aliphatic heterocycles. The smallest absolute Gasteiger partial charge is 0.123 e. The zero-order valence-electron chi connectivity index (χ0n) is 12.8. The van der Waals surface area contributed by atoms with Crippen LogP contribution in [-0.4, -0.2) is 48.6 Å². The summed E-state index contributed by atoms with van der Waals surface area (Å²) in [5, 5.41) is 0. The van der Waals surface area contributed by atoms with Crippen LogP contribution in [-0.2, 0) is 0 Å². The number of nitrogens with zero attached hydrogens (tertiary/aromatic N) is 2. The van der Waals surface area contributed by atoms with Crippen LogP contribution in [0.15, 0.2) is 18.2 Å². The van der Waals surface area contributed by atoms with Crippen LogP contribution in [0.25, 0.3) is 0 Å². The van der Waals surface area contributed by atoms with Gasteiger partial charge in [-0.1, -0.05) is 6.07 Å². The summed E-state index contributed by atoms with van der Waals surface area (Å²) in [5.74, 6) is -0.174. The lowest BCUT2D eigenvalue weighted by molar-refractivity contribution is 0.0800. The van der Waals surface area contributed by atoms with Gasteiger partial charge in [0.15, 0.2) is 0 Å². The summed E-state index contributed by atoms with van der Waals surface area (Å²) >= 11 is 0. The Morgan fingerprint density at radius 2 is 1.75 bits per heavy atom. The largest absolute Gasteiger partial charge is 0.329 e. The number of nitrogens with two attached hydrogens (primary N) is 1. The summed E-state index contributed by atoms with van der Waals surface area (Å²) < 4.78 is 13.2. The van der Waals surface area contributed by atoms with Crippen molar-refractivity contribution < 1.29 is 4.39 Å². The van der Waals surface area contributed by atoms with Crippen molar-refractivity contribution >= 4 is 0 Å². The minimum Gasteiger partial charge on any atom is -0.329 e. The van der Waals surface area contributed by atoms with Crippen molar-refractivity contribution in [2.45, 2.75) is 32.9 Å². The third-order valence-electron chi connectivity index (χ3n) is 4.33. The molecule has 1 saturated heterocycles. The molecular weight excluding hydrogens is 253 g/mol. The summed E-state index contributed by atoms with van der Waals surface area (Å²) in [6, 6.07) is 5.82. The summed E-state index contributed by atoms with van der Waals surface area (Å²) in [5.41, 5.74) is 8.14. The van der Waals surface area contributed by atoms with E-state index in [1.54, 1.807) is 6.07 Å². The van der Waals surface area contributed by atoms with Gasteiger partial charge in [0.2, 0.25) is 0 Å². The van der Waals surface area contributed by atoms with Crippen LogP contribution in [0.5, 0.6) is 0 Å². The van der Waals surface area contributed by atoms with Crippen molar-refractivity contribution in [1.29, 1.82) is 0 Å². The second kappa shape index (κ2) is 6.66. The second-order valence-electron chi connectivity index (χ2n) is 5.92. The van der Waals surface area contributed by atoms with E-state index in [1.807, 2.05) is 13.0 Å². The molecule has 1 unspecified atom stereocenters. The molecule has 0 spiro atoms. The molecule has 1 heterocycles. The number of hydrogen-bond acceptors (Lipinski definition) is 3. The highest BCUT2D eigenvalue weighted by molar-refractivity contribution is 5.30. The molecule has 0 bridgehead atoms. The molecule has 2 N–H and O–H groups in total. The molecule has 0 aromatic heterocycles. The standard InChI is InChI=1S/C16H26FN3/c1-12(2)19-6-8-20(9-7-19)16(11-18)15-5-4-14(17)10-13(15)3/h4-5,10,12,16H,6-9,11,18H2,1-3H3. The monoisotopic (exact) mass is 279 g/mol. The van der Waals surface area contributed by atoms with Gasteiger partial charge >= 0.3 is 0 Å². The Morgan fingerprint density at radius 3 is 2.25 bits per heavy atom. The Morgan fingerprint density at radius 1 is 1.15 bits per heavy atom. The highest BCUT2D eigenvalue weighted by atomic mass is 19.1. The Hall–Kier alpha value is -0.970. The maximum Gasteiger partial charge on any atom is 0.123 e. The molecule has 4 heteroatoms. The average molecular weight is 279 g/mol. The molecule has 2 rings (SSSR count). The van der Waals surface area contributed by atoms with Gasteiger partial charge in [-0.3, -0.25) is 9.80 Å². The predicted octanol–water partition coefficient (Wildman–Crippen LogP) is 2.16. The van der Waals surface area contributed by atoms with Crippen LogP contribution in [0.4, 0.5) is 4.39 Å². The number of rotatable bonds is 4. The third kappa shape index (κ3) is 3.37. The molecule has 1 fully saturated rings. The maximum absolute atomic E-state index is 13.2. The summed E-state index contributed by atoms with van der Waals surface area (Å²) in [4.78, 5) is 4.92. The van der Waals surface area contributed by atoms with E-state index < -0.39 is 0 Å². The predicted molar refractivity (Wildman–Crippen MR) is 81.2 cm³/mol. The van der Waals surface area contributed by atoms with E-state index in [-0.39, 0.29) is 11.9 Å². The summed E-state index contributed by atoms with van der Waals surface area (Å²) in [7, 11) is 0. The van der Waals surface area contributed by atoms with Crippen molar-refractivity contribution in [2.75, 3.05) is 32.7 Å². The van der Waals surface area contributed by atoms with E-state index in [1.165, 1.54) is 6.07 Å². The third-order valence-corrected chi connectivity index (χ3v) is 4.33. The highest BCUT2D eigenvalue weighted by Crippen LogP contribution is 2.25. The average Bonchev–Trinajstić information content (AvgIpc) is 2.42. The van der Waals surface area contributed by atoms with E-state index in [4.69, 9.17) is 5.73 Å². The van der Waals surface area contributed by atoms with Gasteiger partial charge in [-0.15, -0.1) is 0 Å². The van der Waals surface area contributed by atoms with Crippen molar-refractivity contribution in [3.8, 4) is 0 Å². The molecule has 1 aromatic rings. The van der Waals surface area contributed by atoms with Crippen molar-refractivity contribution in [2.24, 2.45) is 5.73 Å². The number of aryl methyl sites for hydroxylation is 1.